The van der Waals surface area contributed by atoms with Crippen molar-refractivity contribution in [3.05, 3.63) is 22.8 Å². The molecule has 0 aliphatic heterocycles. The lowest BCUT2D eigenvalue weighted by Gasteiger charge is -2.15. The molecule has 1 heterocycles. The molecule has 0 saturated heterocycles. The Kier molecular flexibility index (Phi) is 7.70. The Morgan fingerprint density at radius 1 is 1.05 bits per heavy atom. The molecule has 0 unspecified atom stereocenters. The molecule has 114 valence electrons. The van der Waals surface area contributed by atoms with Crippen LogP contribution in [0.15, 0.2) is 0 Å². The summed E-state index contributed by atoms with van der Waals surface area (Å²) in [5.74, 6) is 0.820. The minimum atomic E-state index is 0.515. The molecule has 4 nitrogen and oxygen atoms in total. The third-order valence-corrected chi connectivity index (χ3v) is 3.26. The molecule has 0 amide bonds. The molecule has 1 aromatic heterocycles. The second-order valence-corrected chi connectivity index (χ2v) is 5.21. The molecule has 0 fully saturated rings. The summed E-state index contributed by atoms with van der Waals surface area (Å²) in [7, 11) is 0. The van der Waals surface area contributed by atoms with Gasteiger partial charge in [-0.1, -0.05) is 27.7 Å². The summed E-state index contributed by atoms with van der Waals surface area (Å²) >= 11 is 0. The Morgan fingerprint density at radius 3 is 2.10 bits per heavy atom. The van der Waals surface area contributed by atoms with E-state index in [1.165, 1.54) is 17.0 Å². The molecule has 0 bridgehead atoms. The van der Waals surface area contributed by atoms with Gasteiger partial charge in [0.2, 0.25) is 0 Å². The molecule has 0 aliphatic carbocycles. The molecule has 1 rings (SSSR count). The number of aryl methyl sites for hydroxylation is 2. The van der Waals surface area contributed by atoms with E-state index < -0.39 is 0 Å². The van der Waals surface area contributed by atoms with Crippen LogP contribution in [-0.2, 0) is 30.6 Å². The Morgan fingerprint density at radius 2 is 1.65 bits per heavy atom. The van der Waals surface area contributed by atoms with E-state index in [0.29, 0.717) is 19.3 Å². The van der Waals surface area contributed by atoms with Gasteiger partial charge < -0.3 is 10.1 Å². The Hall–Kier alpha value is -1.00. The third kappa shape index (κ3) is 5.17. The molecule has 0 spiro atoms. The molecule has 0 radical (unpaired) electrons. The number of aromatic nitrogens is 2. The van der Waals surface area contributed by atoms with Crippen LogP contribution in [0.3, 0.4) is 0 Å². The van der Waals surface area contributed by atoms with Crippen molar-refractivity contribution >= 4 is 0 Å². The van der Waals surface area contributed by atoms with Crippen LogP contribution in [-0.4, -0.2) is 29.2 Å². The molecular weight excluding hydrogens is 250 g/mol. The number of nitrogens with one attached hydrogen (secondary N) is 1. The number of hydrogen-bond donors (Lipinski definition) is 1. The molecule has 4 heteroatoms. The lowest BCUT2D eigenvalue weighted by Crippen LogP contribution is -2.26. The third-order valence-electron chi connectivity index (χ3n) is 3.26. The van der Waals surface area contributed by atoms with Gasteiger partial charge in [-0.15, -0.1) is 0 Å². The Bertz CT molecular complexity index is 380. The van der Waals surface area contributed by atoms with E-state index in [1.54, 1.807) is 0 Å². The Balaban J connectivity index is 2.90. The SMILES string of the molecule is CCOCc1nc(CC)c(CCNC(C)C)c(CC)n1. The zero-order valence-electron chi connectivity index (χ0n) is 13.6. The molecule has 1 aromatic rings. The predicted octanol–water partition coefficient (Wildman–Crippen LogP) is 2.68. The van der Waals surface area contributed by atoms with Gasteiger partial charge in [0, 0.05) is 24.0 Å². The van der Waals surface area contributed by atoms with Crippen molar-refractivity contribution in [2.75, 3.05) is 13.2 Å². The summed E-state index contributed by atoms with van der Waals surface area (Å²) in [6.07, 6.45) is 2.90. The second-order valence-electron chi connectivity index (χ2n) is 5.21. The minimum absolute atomic E-state index is 0.515. The van der Waals surface area contributed by atoms with Crippen LogP contribution in [0.2, 0.25) is 0 Å². The van der Waals surface area contributed by atoms with Gasteiger partial charge in [-0.25, -0.2) is 9.97 Å². The van der Waals surface area contributed by atoms with E-state index in [1.807, 2.05) is 6.92 Å². The topological polar surface area (TPSA) is 47.0 Å². The van der Waals surface area contributed by atoms with E-state index in [4.69, 9.17) is 4.74 Å². The quantitative estimate of drug-likeness (QED) is 0.755. The van der Waals surface area contributed by atoms with E-state index in [9.17, 15) is 0 Å². The van der Waals surface area contributed by atoms with Crippen LogP contribution in [0, 0.1) is 0 Å². The van der Waals surface area contributed by atoms with Crippen molar-refractivity contribution in [2.45, 2.75) is 66.5 Å². The molecule has 0 saturated carbocycles. The summed E-state index contributed by atoms with van der Waals surface area (Å²) in [4.78, 5) is 9.34. The van der Waals surface area contributed by atoms with Crippen molar-refractivity contribution in [3.63, 3.8) is 0 Å². The van der Waals surface area contributed by atoms with E-state index in [0.717, 1.165) is 31.6 Å². The molecular formula is C16H29N3O. The smallest absolute Gasteiger partial charge is 0.154 e. The maximum absolute atomic E-state index is 5.43. The van der Waals surface area contributed by atoms with Gasteiger partial charge >= 0.3 is 0 Å². The van der Waals surface area contributed by atoms with Gasteiger partial charge in [0.05, 0.1) is 0 Å². The number of nitrogens with zero attached hydrogens (tertiary/aromatic N) is 2. The fourth-order valence-corrected chi connectivity index (χ4v) is 2.26. The van der Waals surface area contributed by atoms with E-state index >= 15 is 0 Å². The standard InChI is InChI=1S/C16H29N3O/c1-6-14-13(9-10-17-12(4)5)15(7-2)19-16(18-14)11-20-8-3/h12,17H,6-11H2,1-5H3. The van der Waals surface area contributed by atoms with E-state index in [2.05, 4.69) is 43.0 Å². The van der Waals surface area contributed by atoms with Gasteiger partial charge in [0.25, 0.3) is 0 Å². The first-order valence-electron chi connectivity index (χ1n) is 7.80. The van der Waals surface area contributed by atoms with Crippen LogP contribution in [0.5, 0.6) is 0 Å². The summed E-state index contributed by atoms with van der Waals surface area (Å²) in [5, 5.41) is 3.47. The van der Waals surface area contributed by atoms with Crippen molar-refractivity contribution in [2.24, 2.45) is 0 Å². The first kappa shape index (κ1) is 17.1. The van der Waals surface area contributed by atoms with Crippen molar-refractivity contribution in [3.8, 4) is 0 Å². The highest BCUT2D eigenvalue weighted by Crippen LogP contribution is 2.15. The maximum atomic E-state index is 5.43. The number of ether oxygens (including phenoxy) is 1. The number of rotatable bonds is 9. The molecule has 0 aromatic carbocycles. The first-order chi connectivity index (χ1) is 9.62. The summed E-state index contributed by atoms with van der Waals surface area (Å²) in [5.41, 5.74) is 3.68. The van der Waals surface area contributed by atoms with E-state index in [-0.39, 0.29) is 0 Å². The highest BCUT2D eigenvalue weighted by atomic mass is 16.5. The number of hydrogen-bond acceptors (Lipinski definition) is 4. The zero-order chi connectivity index (χ0) is 15.0. The molecule has 0 aliphatic rings. The molecule has 20 heavy (non-hydrogen) atoms. The maximum Gasteiger partial charge on any atom is 0.154 e. The van der Waals surface area contributed by atoms with Gasteiger partial charge in [0.15, 0.2) is 5.82 Å². The highest BCUT2D eigenvalue weighted by Gasteiger charge is 2.12. The Labute approximate surface area is 123 Å². The van der Waals surface area contributed by atoms with Crippen LogP contribution in [0.1, 0.15) is 57.4 Å². The summed E-state index contributed by atoms with van der Waals surface area (Å²) in [6, 6.07) is 0.517. The average molecular weight is 279 g/mol. The van der Waals surface area contributed by atoms with Gasteiger partial charge in [-0.05, 0) is 38.3 Å². The van der Waals surface area contributed by atoms with Crippen molar-refractivity contribution in [1.29, 1.82) is 0 Å². The summed E-state index contributed by atoms with van der Waals surface area (Å²) < 4.78 is 5.43. The normalized spacial score (nSPS) is 11.3. The monoisotopic (exact) mass is 279 g/mol. The lowest BCUT2D eigenvalue weighted by molar-refractivity contribution is 0.128. The van der Waals surface area contributed by atoms with Crippen LogP contribution < -0.4 is 5.32 Å². The van der Waals surface area contributed by atoms with Gasteiger partial charge in [-0.3, -0.25) is 0 Å². The molecule has 1 N–H and O–H groups in total. The first-order valence-corrected chi connectivity index (χ1v) is 7.80. The largest absolute Gasteiger partial charge is 0.374 e. The van der Waals surface area contributed by atoms with Crippen molar-refractivity contribution in [1.82, 2.24) is 15.3 Å². The predicted molar refractivity (Wildman–Crippen MR) is 83.0 cm³/mol. The van der Waals surface area contributed by atoms with Gasteiger partial charge in [-0.2, -0.15) is 0 Å². The second kappa shape index (κ2) is 9.03. The highest BCUT2D eigenvalue weighted by molar-refractivity contribution is 5.27. The fourth-order valence-electron chi connectivity index (χ4n) is 2.26. The van der Waals surface area contributed by atoms with Crippen LogP contribution in [0.25, 0.3) is 0 Å². The van der Waals surface area contributed by atoms with Crippen LogP contribution >= 0.6 is 0 Å². The van der Waals surface area contributed by atoms with Crippen molar-refractivity contribution < 1.29 is 4.74 Å². The lowest BCUT2D eigenvalue weighted by atomic mass is 10.0. The zero-order valence-corrected chi connectivity index (χ0v) is 13.6. The summed E-state index contributed by atoms with van der Waals surface area (Å²) in [6.45, 7) is 12.8. The average Bonchev–Trinajstić information content (AvgIpc) is 2.44. The fraction of sp³-hybridized carbons (Fsp3) is 0.750. The molecule has 0 atom stereocenters. The van der Waals surface area contributed by atoms with Crippen LogP contribution in [0.4, 0.5) is 0 Å². The minimum Gasteiger partial charge on any atom is -0.374 e. The van der Waals surface area contributed by atoms with Gasteiger partial charge in [0.1, 0.15) is 6.61 Å².